The number of ether oxygens (including phenoxy) is 3. The van der Waals surface area contributed by atoms with Crippen molar-refractivity contribution in [3.8, 4) is 17.2 Å². The fourth-order valence-corrected chi connectivity index (χ4v) is 5.24. The summed E-state index contributed by atoms with van der Waals surface area (Å²) < 4.78 is 16.3. The molecule has 2 atom stereocenters. The first-order chi connectivity index (χ1) is 15.1. The van der Waals surface area contributed by atoms with Gasteiger partial charge >= 0.3 is 0 Å². The lowest BCUT2D eigenvalue weighted by molar-refractivity contribution is 0.125. The van der Waals surface area contributed by atoms with Crippen molar-refractivity contribution in [2.75, 3.05) is 48.5 Å². The molecule has 31 heavy (non-hydrogen) atoms. The maximum absolute atomic E-state index is 5.45. The topological polar surface area (TPSA) is 67.4 Å². The number of nitrogens with one attached hydrogen (secondary N) is 2. The first-order valence-corrected chi connectivity index (χ1v) is 11.5. The highest BCUT2D eigenvalue weighted by molar-refractivity contribution is 7.10. The molecule has 1 aliphatic heterocycles. The number of rotatable bonds is 8. The number of nitrogens with zero attached hydrogens (tertiary/aromatic N) is 2. The molecule has 1 saturated heterocycles. The predicted molar refractivity (Wildman–Crippen MR) is 127 cm³/mol. The van der Waals surface area contributed by atoms with Crippen molar-refractivity contribution in [3.63, 3.8) is 0 Å². The highest BCUT2D eigenvalue weighted by Gasteiger charge is 2.31. The number of benzene rings is 1. The van der Waals surface area contributed by atoms with Crippen molar-refractivity contribution in [1.29, 1.82) is 0 Å². The van der Waals surface area contributed by atoms with Crippen LogP contribution in [0, 0.1) is 5.92 Å². The second-order valence-corrected chi connectivity index (χ2v) is 8.66. The van der Waals surface area contributed by atoms with E-state index in [9.17, 15) is 0 Å². The lowest BCUT2D eigenvalue weighted by Gasteiger charge is -2.39. The van der Waals surface area contributed by atoms with Crippen LogP contribution < -0.4 is 24.8 Å². The maximum Gasteiger partial charge on any atom is 0.203 e. The Bertz CT molecular complexity index is 832. The second kappa shape index (κ2) is 11.2. The van der Waals surface area contributed by atoms with Gasteiger partial charge in [0.2, 0.25) is 5.75 Å². The van der Waals surface area contributed by atoms with E-state index in [2.05, 4.69) is 45.1 Å². The number of methoxy groups -OCH3 is 3. The Hall–Kier alpha value is -2.45. The van der Waals surface area contributed by atoms with Crippen molar-refractivity contribution < 1.29 is 14.2 Å². The van der Waals surface area contributed by atoms with Gasteiger partial charge in [0.05, 0.1) is 21.3 Å². The van der Waals surface area contributed by atoms with E-state index in [1.165, 1.54) is 17.7 Å². The van der Waals surface area contributed by atoms with Crippen LogP contribution in [0.4, 0.5) is 0 Å². The zero-order valence-electron chi connectivity index (χ0n) is 19.1. The summed E-state index contributed by atoms with van der Waals surface area (Å²) in [6, 6.07) is 8.75. The Morgan fingerprint density at radius 2 is 1.90 bits per heavy atom. The first-order valence-electron chi connectivity index (χ1n) is 10.6. The molecule has 7 nitrogen and oxygen atoms in total. The van der Waals surface area contributed by atoms with Crippen LogP contribution >= 0.6 is 11.3 Å². The number of piperidine rings is 1. The van der Waals surface area contributed by atoms with Crippen LogP contribution in [0.5, 0.6) is 17.2 Å². The summed E-state index contributed by atoms with van der Waals surface area (Å²) in [4.78, 5) is 8.33. The van der Waals surface area contributed by atoms with E-state index in [1.807, 2.05) is 23.5 Å². The number of likely N-dealkylation sites (tertiary alicyclic amines) is 1. The van der Waals surface area contributed by atoms with Crippen molar-refractivity contribution in [2.24, 2.45) is 10.9 Å². The minimum absolute atomic E-state index is 0.453. The Balaban J connectivity index is 1.62. The van der Waals surface area contributed by atoms with E-state index in [0.29, 0.717) is 35.8 Å². The Morgan fingerprint density at radius 3 is 2.48 bits per heavy atom. The average molecular weight is 447 g/mol. The zero-order chi connectivity index (χ0) is 22.2. The molecule has 0 spiro atoms. The van der Waals surface area contributed by atoms with Gasteiger partial charge in [0.25, 0.3) is 0 Å². The second-order valence-electron chi connectivity index (χ2n) is 7.68. The molecule has 2 N–H and O–H groups in total. The van der Waals surface area contributed by atoms with Crippen LogP contribution in [0.25, 0.3) is 0 Å². The molecule has 3 rings (SSSR count). The fraction of sp³-hybridized carbons (Fsp3) is 0.522. The largest absolute Gasteiger partial charge is 0.493 e. The van der Waals surface area contributed by atoms with E-state index in [1.54, 1.807) is 28.4 Å². The molecular formula is C23H34N4O3S. The van der Waals surface area contributed by atoms with E-state index < -0.39 is 0 Å². The summed E-state index contributed by atoms with van der Waals surface area (Å²) >= 11 is 1.85. The zero-order valence-corrected chi connectivity index (χ0v) is 19.9. The monoisotopic (exact) mass is 446 g/mol. The number of thiophene rings is 1. The number of hydrogen-bond acceptors (Lipinski definition) is 6. The van der Waals surface area contributed by atoms with Crippen molar-refractivity contribution in [2.45, 2.75) is 25.4 Å². The maximum atomic E-state index is 5.45. The molecule has 0 aliphatic carbocycles. The van der Waals surface area contributed by atoms with Gasteiger partial charge in [-0.3, -0.25) is 9.89 Å². The first kappa shape index (κ1) is 23.2. The van der Waals surface area contributed by atoms with E-state index in [-0.39, 0.29) is 0 Å². The van der Waals surface area contributed by atoms with Crippen molar-refractivity contribution in [3.05, 3.63) is 40.1 Å². The summed E-state index contributed by atoms with van der Waals surface area (Å²) in [5.74, 6) is 3.21. The Kier molecular flexibility index (Phi) is 8.43. The summed E-state index contributed by atoms with van der Waals surface area (Å²) in [7, 11) is 8.89. The molecule has 1 fully saturated rings. The van der Waals surface area contributed by atoms with E-state index in [4.69, 9.17) is 14.2 Å². The molecule has 0 amide bonds. The van der Waals surface area contributed by atoms with Gasteiger partial charge in [0, 0.05) is 31.1 Å². The molecule has 0 bridgehead atoms. The van der Waals surface area contributed by atoms with Gasteiger partial charge < -0.3 is 24.8 Å². The van der Waals surface area contributed by atoms with Crippen LogP contribution in [-0.4, -0.2) is 59.4 Å². The van der Waals surface area contributed by atoms with Crippen LogP contribution in [0.2, 0.25) is 0 Å². The summed E-state index contributed by atoms with van der Waals surface area (Å²) in [6.45, 7) is 2.62. The summed E-state index contributed by atoms with van der Waals surface area (Å²) in [5.41, 5.74) is 1.02. The molecule has 170 valence electrons. The average Bonchev–Trinajstić information content (AvgIpc) is 3.32. The highest BCUT2D eigenvalue weighted by atomic mass is 32.1. The summed E-state index contributed by atoms with van der Waals surface area (Å²) in [5, 5.41) is 9.10. The molecular weight excluding hydrogens is 412 g/mol. The van der Waals surface area contributed by atoms with Gasteiger partial charge in [-0.1, -0.05) is 6.07 Å². The van der Waals surface area contributed by atoms with Gasteiger partial charge in [-0.15, -0.1) is 11.3 Å². The molecule has 8 heteroatoms. The van der Waals surface area contributed by atoms with Crippen LogP contribution in [0.1, 0.15) is 29.3 Å². The molecule has 0 radical (unpaired) electrons. The lowest BCUT2D eigenvalue weighted by atomic mass is 9.88. The number of aliphatic imine (C=N–C) groups is 1. The van der Waals surface area contributed by atoms with Crippen LogP contribution in [0.15, 0.2) is 34.6 Å². The third-order valence-electron chi connectivity index (χ3n) is 5.78. The third-order valence-corrected chi connectivity index (χ3v) is 6.72. The van der Waals surface area contributed by atoms with Crippen molar-refractivity contribution >= 4 is 17.3 Å². The predicted octanol–water partition coefficient (Wildman–Crippen LogP) is 3.52. The molecule has 2 aromatic rings. The molecule has 1 aromatic heterocycles. The van der Waals surface area contributed by atoms with Crippen molar-refractivity contribution in [1.82, 2.24) is 15.5 Å². The number of hydrogen-bond donors (Lipinski definition) is 2. The van der Waals surface area contributed by atoms with E-state index in [0.717, 1.165) is 24.6 Å². The molecule has 0 saturated carbocycles. The summed E-state index contributed by atoms with van der Waals surface area (Å²) in [6.07, 6.45) is 2.44. The smallest absolute Gasteiger partial charge is 0.203 e. The Morgan fingerprint density at radius 1 is 1.16 bits per heavy atom. The normalized spacial score (nSPS) is 19.7. The van der Waals surface area contributed by atoms with E-state index >= 15 is 0 Å². The van der Waals surface area contributed by atoms with Crippen LogP contribution in [-0.2, 0) is 6.54 Å². The van der Waals surface area contributed by atoms with Gasteiger partial charge in [-0.25, -0.2) is 0 Å². The third kappa shape index (κ3) is 5.62. The number of guanidine groups is 1. The fourth-order valence-electron chi connectivity index (χ4n) is 4.25. The molecule has 2 unspecified atom stereocenters. The van der Waals surface area contributed by atoms with Gasteiger partial charge in [0.1, 0.15) is 0 Å². The SMILES string of the molecule is CN=C(NCc1cc(OC)c(OC)c(OC)c1)NCC1CCCN(C)C1c1cccs1. The van der Waals surface area contributed by atoms with Crippen LogP contribution in [0.3, 0.4) is 0 Å². The lowest BCUT2D eigenvalue weighted by Crippen LogP contribution is -2.44. The Labute approximate surface area is 189 Å². The van der Waals surface area contributed by atoms with Gasteiger partial charge in [-0.05, 0) is 61.5 Å². The van der Waals surface area contributed by atoms with Gasteiger partial charge in [-0.2, -0.15) is 0 Å². The highest BCUT2D eigenvalue weighted by Crippen LogP contribution is 2.38. The van der Waals surface area contributed by atoms with Gasteiger partial charge in [0.15, 0.2) is 17.5 Å². The molecule has 1 aromatic carbocycles. The quantitative estimate of drug-likeness (QED) is 0.478. The minimum atomic E-state index is 0.453. The molecule has 1 aliphatic rings. The standard InChI is InChI=1S/C23H34N4O3S/c1-24-23(25-14-16-12-18(28-3)22(30-5)19(13-16)29-4)26-15-17-8-6-10-27(2)21(17)20-9-7-11-31-20/h7,9,11-13,17,21H,6,8,10,14-15H2,1-5H3,(H2,24,25,26). The molecule has 2 heterocycles. The minimum Gasteiger partial charge on any atom is -0.493 e.